The first-order valence-corrected chi connectivity index (χ1v) is 12.7. The Kier molecular flexibility index (Phi) is 7.13. The number of ether oxygens (including phenoxy) is 1. The van der Waals surface area contributed by atoms with E-state index in [1.54, 1.807) is 22.0 Å². The van der Waals surface area contributed by atoms with Crippen molar-refractivity contribution in [2.24, 2.45) is 0 Å². The van der Waals surface area contributed by atoms with E-state index < -0.39 is 5.60 Å². The van der Waals surface area contributed by atoms with Crippen LogP contribution in [-0.2, 0) is 14.3 Å². The van der Waals surface area contributed by atoms with Crippen molar-refractivity contribution in [3.05, 3.63) is 57.1 Å². The number of anilines is 1. The lowest BCUT2D eigenvalue weighted by molar-refractivity contribution is -0.127. The van der Waals surface area contributed by atoms with E-state index in [-0.39, 0.29) is 17.9 Å². The number of amides is 3. The number of carbonyl (C=O) groups excluding carboxylic acids is 3. The molecule has 1 aromatic heterocycles. The second-order valence-electron chi connectivity index (χ2n) is 8.97. The number of hydrogen-bond donors (Lipinski definition) is 1. The highest BCUT2D eigenvalue weighted by Gasteiger charge is 2.27. The van der Waals surface area contributed by atoms with Crippen molar-refractivity contribution in [3.8, 4) is 0 Å². The molecule has 9 heteroatoms. The molecule has 0 atom stereocenters. The molecule has 3 amide bonds. The Bertz CT molecular complexity index is 1150. The summed E-state index contributed by atoms with van der Waals surface area (Å²) in [5, 5.41) is 4.87. The van der Waals surface area contributed by atoms with Crippen molar-refractivity contribution >= 4 is 58.8 Å². The number of para-hydroxylation sites is 1. The van der Waals surface area contributed by atoms with Crippen LogP contribution < -0.4 is 5.32 Å². The average molecular weight is 498 g/mol. The third-order valence-electron chi connectivity index (χ3n) is 5.15. The molecule has 34 heavy (non-hydrogen) atoms. The van der Waals surface area contributed by atoms with Crippen LogP contribution in [-0.4, -0.2) is 59.5 Å². The molecule has 0 saturated carbocycles. The summed E-state index contributed by atoms with van der Waals surface area (Å²) in [4.78, 5) is 43.1. The minimum Gasteiger partial charge on any atom is -0.444 e. The van der Waals surface area contributed by atoms with Gasteiger partial charge >= 0.3 is 6.09 Å². The van der Waals surface area contributed by atoms with Crippen LogP contribution in [0.3, 0.4) is 0 Å². The molecule has 1 saturated heterocycles. The van der Waals surface area contributed by atoms with E-state index in [9.17, 15) is 14.4 Å². The molecule has 0 unspecified atom stereocenters. The summed E-state index contributed by atoms with van der Waals surface area (Å²) in [6.45, 7) is 7.35. The van der Waals surface area contributed by atoms with Crippen LogP contribution in [0.5, 0.6) is 0 Å². The number of nitrogens with zero attached hydrogens (tertiary/aromatic N) is 2. The number of fused-ring (bicyclic) bond motifs is 1. The number of nitrogens with one attached hydrogen (secondary N) is 1. The number of thiophene rings is 1. The Morgan fingerprint density at radius 1 is 1.09 bits per heavy atom. The van der Waals surface area contributed by atoms with Crippen LogP contribution in [0.1, 0.15) is 31.2 Å². The summed E-state index contributed by atoms with van der Waals surface area (Å²) < 4.78 is 5.40. The van der Waals surface area contributed by atoms with Crippen LogP contribution in [0.15, 0.2) is 51.6 Å². The first-order chi connectivity index (χ1) is 16.2. The van der Waals surface area contributed by atoms with Crippen molar-refractivity contribution in [2.45, 2.75) is 31.3 Å². The van der Waals surface area contributed by atoms with Crippen molar-refractivity contribution in [3.63, 3.8) is 0 Å². The van der Waals surface area contributed by atoms with Crippen LogP contribution >= 0.6 is 23.1 Å². The van der Waals surface area contributed by atoms with Crippen molar-refractivity contribution in [1.82, 2.24) is 9.80 Å². The molecule has 2 aliphatic rings. The van der Waals surface area contributed by atoms with Gasteiger partial charge in [0, 0.05) is 42.0 Å². The van der Waals surface area contributed by atoms with Crippen LogP contribution in [0.2, 0.25) is 0 Å². The Labute approximate surface area is 207 Å². The minimum absolute atomic E-state index is 0.0891. The topological polar surface area (TPSA) is 79.0 Å². The van der Waals surface area contributed by atoms with E-state index in [0.29, 0.717) is 31.1 Å². The smallest absolute Gasteiger partial charge is 0.410 e. The number of rotatable bonds is 3. The molecular formula is C25H27N3O4S2. The Morgan fingerprint density at radius 2 is 1.79 bits per heavy atom. The molecule has 178 valence electrons. The highest BCUT2D eigenvalue weighted by molar-refractivity contribution is 8.04. The van der Waals surface area contributed by atoms with E-state index >= 15 is 0 Å². The molecule has 1 N–H and O–H groups in total. The second-order valence-corrected chi connectivity index (χ2v) is 11.0. The second kappa shape index (κ2) is 10.1. The molecule has 4 rings (SSSR count). The molecule has 2 aromatic rings. The normalized spacial score (nSPS) is 17.6. The van der Waals surface area contributed by atoms with Gasteiger partial charge in [-0.15, -0.1) is 11.3 Å². The predicted octanol–water partition coefficient (Wildman–Crippen LogP) is 4.93. The highest BCUT2D eigenvalue weighted by Crippen LogP contribution is 2.39. The summed E-state index contributed by atoms with van der Waals surface area (Å²) in [6, 6.07) is 9.67. The SMILES string of the molecule is CC(C)(C)OC(=O)N1CCN(C(=O)/C=C/c2csc(C=C3Sc4ccccc4NC3=O)c2)CC1. The third-order valence-corrected chi connectivity index (χ3v) is 7.15. The molecule has 0 bridgehead atoms. The van der Waals surface area contributed by atoms with Gasteiger partial charge in [0.05, 0.1) is 10.6 Å². The molecule has 1 fully saturated rings. The van der Waals surface area contributed by atoms with Crippen molar-refractivity contribution in [2.75, 3.05) is 31.5 Å². The number of piperazine rings is 1. The number of hydrogen-bond acceptors (Lipinski definition) is 6. The molecule has 0 radical (unpaired) electrons. The first kappa shape index (κ1) is 24.1. The monoisotopic (exact) mass is 497 g/mol. The zero-order valence-corrected chi connectivity index (χ0v) is 21.0. The zero-order chi connectivity index (χ0) is 24.3. The largest absolute Gasteiger partial charge is 0.444 e. The fraction of sp³-hybridized carbons (Fsp3) is 0.320. The first-order valence-electron chi connectivity index (χ1n) is 11.0. The zero-order valence-electron chi connectivity index (χ0n) is 19.4. The Morgan fingerprint density at radius 3 is 2.53 bits per heavy atom. The van der Waals surface area contributed by atoms with Gasteiger partial charge in [-0.3, -0.25) is 9.59 Å². The molecular weight excluding hydrogens is 470 g/mol. The molecule has 0 spiro atoms. The van der Waals surface area contributed by atoms with Gasteiger partial charge in [0.25, 0.3) is 5.91 Å². The maximum Gasteiger partial charge on any atom is 0.410 e. The summed E-state index contributed by atoms with van der Waals surface area (Å²) >= 11 is 2.97. The fourth-order valence-corrected chi connectivity index (χ4v) is 5.30. The molecule has 7 nitrogen and oxygen atoms in total. The van der Waals surface area contributed by atoms with Gasteiger partial charge < -0.3 is 19.9 Å². The fourth-order valence-electron chi connectivity index (χ4n) is 3.47. The van der Waals surface area contributed by atoms with E-state index in [4.69, 9.17) is 4.74 Å². The molecule has 3 heterocycles. The predicted molar refractivity (Wildman–Crippen MR) is 137 cm³/mol. The van der Waals surface area contributed by atoms with Gasteiger partial charge in [-0.05, 0) is 62.1 Å². The standard InChI is InChI=1S/C25H27N3O4S2/c1-25(2,3)32-24(31)28-12-10-27(11-13-28)22(29)9-8-17-14-18(33-16-17)15-21-23(30)26-19-6-4-5-7-20(19)34-21/h4-9,14-16H,10-13H2,1-3H3,(H,26,30)/b9-8+,21-15?. The lowest BCUT2D eigenvalue weighted by Crippen LogP contribution is -2.51. The quantitative estimate of drug-likeness (QED) is 0.609. The Balaban J connectivity index is 1.32. The molecule has 0 aliphatic carbocycles. The minimum atomic E-state index is -0.536. The van der Waals surface area contributed by atoms with Crippen LogP contribution in [0.4, 0.5) is 10.5 Å². The highest BCUT2D eigenvalue weighted by atomic mass is 32.2. The van der Waals surface area contributed by atoms with E-state index in [0.717, 1.165) is 21.0 Å². The van der Waals surface area contributed by atoms with Gasteiger partial charge in [-0.25, -0.2) is 4.79 Å². The lowest BCUT2D eigenvalue weighted by atomic mass is 10.2. The summed E-state index contributed by atoms with van der Waals surface area (Å²) in [7, 11) is 0. The van der Waals surface area contributed by atoms with E-state index in [1.807, 2.05) is 62.6 Å². The molecule has 1 aromatic carbocycles. The summed E-state index contributed by atoms with van der Waals surface area (Å²) in [5.41, 5.74) is 1.19. The average Bonchev–Trinajstić information content (AvgIpc) is 3.24. The van der Waals surface area contributed by atoms with Gasteiger partial charge in [0.1, 0.15) is 5.60 Å². The van der Waals surface area contributed by atoms with Crippen LogP contribution in [0, 0.1) is 0 Å². The van der Waals surface area contributed by atoms with Crippen LogP contribution in [0.25, 0.3) is 12.2 Å². The Hall–Kier alpha value is -3.04. The lowest BCUT2D eigenvalue weighted by Gasteiger charge is -2.35. The van der Waals surface area contributed by atoms with Gasteiger partial charge in [0.15, 0.2) is 0 Å². The maximum atomic E-state index is 12.6. The van der Waals surface area contributed by atoms with Crippen molar-refractivity contribution < 1.29 is 19.1 Å². The van der Waals surface area contributed by atoms with Crippen molar-refractivity contribution in [1.29, 1.82) is 0 Å². The molecule has 2 aliphatic heterocycles. The van der Waals surface area contributed by atoms with Gasteiger partial charge in [-0.2, -0.15) is 0 Å². The van der Waals surface area contributed by atoms with E-state index in [1.165, 1.54) is 23.1 Å². The van der Waals surface area contributed by atoms with E-state index in [2.05, 4.69) is 5.32 Å². The maximum absolute atomic E-state index is 12.6. The van der Waals surface area contributed by atoms with Gasteiger partial charge in [-0.1, -0.05) is 23.9 Å². The third kappa shape index (κ3) is 6.09. The number of carbonyl (C=O) groups is 3. The van der Waals surface area contributed by atoms with Gasteiger partial charge in [0.2, 0.25) is 5.91 Å². The summed E-state index contributed by atoms with van der Waals surface area (Å²) in [6.07, 6.45) is 4.86. The number of thioether (sulfide) groups is 1. The number of benzene rings is 1. The summed E-state index contributed by atoms with van der Waals surface area (Å²) in [5.74, 6) is -0.205.